The lowest BCUT2D eigenvalue weighted by Gasteiger charge is -2.12. The highest BCUT2D eigenvalue weighted by atomic mass is 35.5. The molecule has 5 heteroatoms. The van der Waals surface area contributed by atoms with Crippen molar-refractivity contribution in [3.63, 3.8) is 0 Å². The lowest BCUT2D eigenvalue weighted by Crippen LogP contribution is -2.01. The number of aromatic nitrogens is 1. The molecule has 21 heavy (non-hydrogen) atoms. The fourth-order valence-electron chi connectivity index (χ4n) is 2.25. The predicted molar refractivity (Wildman–Crippen MR) is 89.6 cm³/mol. The molecule has 0 spiro atoms. The van der Waals surface area contributed by atoms with Crippen LogP contribution < -0.4 is 0 Å². The molecular weight excluding hydrogens is 307 g/mol. The van der Waals surface area contributed by atoms with Crippen molar-refractivity contribution in [2.24, 2.45) is 4.99 Å². The molecule has 1 aromatic carbocycles. The molecule has 1 aromatic heterocycles. The number of nitrogens with zero attached hydrogens (tertiary/aromatic N) is 2. The Kier molecular flexibility index (Phi) is 5.45. The average molecular weight is 325 g/mol. The lowest BCUT2D eigenvalue weighted by atomic mass is 10.2. The number of aliphatic imine (C=N–C) groups is 1. The number of ether oxygens (including phenoxy) is 1. The van der Waals surface area contributed by atoms with Crippen LogP contribution in [0.1, 0.15) is 17.0 Å². The van der Waals surface area contributed by atoms with Gasteiger partial charge < -0.3 is 9.30 Å². The maximum atomic E-state index is 6.30. The van der Waals surface area contributed by atoms with Gasteiger partial charge in [-0.2, -0.15) is 0 Å². The van der Waals surface area contributed by atoms with E-state index in [0.29, 0.717) is 23.2 Å². The van der Waals surface area contributed by atoms with Gasteiger partial charge in [0, 0.05) is 35.3 Å². The molecule has 0 N–H and O–H groups in total. The number of rotatable bonds is 5. The van der Waals surface area contributed by atoms with E-state index in [4.69, 9.17) is 27.9 Å². The van der Waals surface area contributed by atoms with Crippen LogP contribution in [0.25, 0.3) is 5.69 Å². The summed E-state index contributed by atoms with van der Waals surface area (Å²) in [6.07, 6.45) is 1.87. The minimum Gasteiger partial charge on any atom is -0.383 e. The van der Waals surface area contributed by atoms with Gasteiger partial charge in [-0.25, -0.2) is 0 Å². The fraction of sp³-hybridized carbons (Fsp3) is 0.312. The molecule has 0 fully saturated rings. The summed E-state index contributed by atoms with van der Waals surface area (Å²) >= 11 is 12.4. The Morgan fingerprint density at radius 1 is 1.24 bits per heavy atom. The molecule has 0 bridgehead atoms. The van der Waals surface area contributed by atoms with Gasteiger partial charge in [0.05, 0.1) is 23.9 Å². The van der Waals surface area contributed by atoms with Crippen molar-refractivity contribution in [3.05, 3.63) is 51.3 Å². The minimum atomic E-state index is 0.620. The van der Waals surface area contributed by atoms with Gasteiger partial charge >= 0.3 is 0 Å². The van der Waals surface area contributed by atoms with Gasteiger partial charge in [0.1, 0.15) is 0 Å². The van der Waals surface area contributed by atoms with E-state index < -0.39 is 0 Å². The summed E-state index contributed by atoms with van der Waals surface area (Å²) in [5, 5.41) is 1.33. The third-order valence-electron chi connectivity index (χ3n) is 3.27. The van der Waals surface area contributed by atoms with E-state index in [1.807, 2.05) is 32.2 Å². The first-order chi connectivity index (χ1) is 10.0. The van der Waals surface area contributed by atoms with Crippen LogP contribution in [-0.4, -0.2) is 31.0 Å². The van der Waals surface area contributed by atoms with E-state index in [1.165, 1.54) is 0 Å². The van der Waals surface area contributed by atoms with Crippen molar-refractivity contribution < 1.29 is 4.74 Å². The zero-order valence-electron chi connectivity index (χ0n) is 12.4. The molecule has 0 aliphatic rings. The molecule has 2 aromatic rings. The van der Waals surface area contributed by atoms with Gasteiger partial charge in [-0.15, -0.1) is 0 Å². The zero-order valence-corrected chi connectivity index (χ0v) is 13.9. The van der Waals surface area contributed by atoms with Crippen molar-refractivity contribution in [1.29, 1.82) is 0 Å². The third-order valence-corrected chi connectivity index (χ3v) is 3.83. The van der Waals surface area contributed by atoms with Crippen LogP contribution in [0.5, 0.6) is 0 Å². The molecule has 0 aliphatic carbocycles. The van der Waals surface area contributed by atoms with E-state index >= 15 is 0 Å². The Hall–Kier alpha value is -1.29. The van der Waals surface area contributed by atoms with Crippen molar-refractivity contribution in [2.75, 3.05) is 20.3 Å². The molecule has 112 valence electrons. The highest BCUT2D eigenvalue weighted by molar-refractivity contribution is 6.34. The number of halogens is 2. The van der Waals surface area contributed by atoms with Crippen LogP contribution in [0.4, 0.5) is 0 Å². The molecule has 0 amide bonds. The first-order valence-corrected chi connectivity index (χ1v) is 7.43. The monoisotopic (exact) mass is 324 g/mol. The summed E-state index contributed by atoms with van der Waals surface area (Å²) in [6, 6.07) is 7.55. The molecule has 2 rings (SSSR count). The molecular formula is C16H18Cl2N2O. The second kappa shape index (κ2) is 7.12. The second-order valence-electron chi connectivity index (χ2n) is 4.79. The van der Waals surface area contributed by atoms with Crippen LogP contribution in [-0.2, 0) is 4.74 Å². The summed E-state index contributed by atoms with van der Waals surface area (Å²) in [4.78, 5) is 4.36. The Bertz CT molecular complexity index is 663. The fourth-order valence-corrected chi connectivity index (χ4v) is 2.62. The van der Waals surface area contributed by atoms with E-state index in [-0.39, 0.29) is 0 Å². The molecule has 0 aliphatic heterocycles. The maximum absolute atomic E-state index is 6.30. The standard InChI is InChI=1S/C16H18Cl2N2O/c1-11-8-13(10-19-6-7-21-3)12(2)20(11)16-9-14(17)4-5-15(16)18/h4-5,8-10H,6-7H2,1-3H3. The van der Waals surface area contributed by atoms with E-state index in [2.05, 4.69) is 15.6 Å². The number of methoxy groups -OCH3 is 1. The maximum Gasteiger partial charge on any atom is 0.0658 e. The third kappa shape index (κ3) is 3.67. The van der Waals surface area contributed by atoms with Crippen molar-refractivity contribution in [1.82, 2.24) is 4.57 Å². The lowest BCUT2D eigenvalue weighted by molar-refractivity contribution is 0.208. The summed E-state index contributed by atoms with van der Waals surface area (Å²) in [7, 11) is 1.67. The largest absolute Gasteiger partial charge is 0.383 e. The Labute approximate surface area is 135 Å². The van der Waals surface area contributed by atoms with Crippen molar-refractivity contribution in [2.45, 2.75) is 13.8 Å². The predicted octanol–water partition coefficient (Wildman–Crippen LogP) is 4.47. The molecule has 0 saturated heterocycles. The van der Waals surface area contributed by atoms with Crippen LogP contribution in [0.2, 0.25) is 10.0 Å². The van der Waals surface area contributed by atoms with Gasteiger partial charge in [0.15, 0.2) is 0 Å². The highest BCUT2D eigenvalue weighted by Gasteiger charge is 2.12. The Balaban J connectivity index is 2.39. The molecule has 0 radical (unpaired) electrons. The highest BCUT2D eigenvalue weighted by Crippen LogP contribution is 2.28. The topological polar surface area (TPSA) is 26.5 Å². The van der Waals surface area contributed by atoms with Gasteiger partial charge in [-0.05, 0) is 38.1 Å². The number of hydrogen-bond donors (Lipinski definition) is 0. The number of aryl methyl sites for hydroxylation is 1. The van der Waals surface area contributed by atoms with Crippen molar-refractivity contribution >= 4 is 29.4 Å². The molecule has 0 unspecified atom stereocenters. The molecule has 0 saturated carbocycles. The Morgan fingerprint density at radius 3 is 2.71 bits per heavy atom. The van der Waals surface area contributed by atoms with Crippen molar-refractivity contribution in [3.8, 4) is 5.69 Å². The summed E-state index contributed by atoms with van der Waals surface area (Å²) < 4.78 is 7.08. The van der Waals surface area contributed by atoms with Gasteiger partial charge in [0.25, 0.3) is 0 Å². The van der Waals surface area contributed by atoms with Gasteiger partial charge in [0.2, 0.25) is 0 Å². The first kappa shape index (κ1) is 16.1. The summed E-state index contributed by atoms with van der Waals surface area (Å²) in [5.41, 5.74) is 4.12. The Morgan fingerprint density at radius 2 is 2.00 bits per heavy atom. The van der Waals surface area contributed by atoms with E-state index in [1.54, 1.807) is 13.2 Å². The summed E-state index contributed by atoms with van der Waals surface area (Å²) in [6.45, 7) is 5.35. The van der Waals surface area contributed by atoms with Crippen LogP contribution >= 0.6 is 23.2 Å². The first-order valence-electron chi connectivity index (χ1n) is 6.67. The molecule has 1 heterocycles. The molecule has 3 nitrogen and oxygen atoms in total. The smallest absolute Gasteiger partial charge is 0.0658 e. The second-order valence-corrected chi connectivity index (χ2v) is 5.63. The van der Waals surface area contributed by atoms with E-state index in [9.17, 15) is 0 Å². The van der Waals surface area contributed by atoms with Gasteiger partial charge in [-0.1, -0.05) is 23.2 Å². The van der Waals surface area contributed by atoms with Crippen LogP contribution in [0.15, 0.2) is 29.3 Å². The number of benzene rings is 1. The summed E-state index contributed by atoms with van der Waals surface area (Å²) in [5.74, 6) is 0. The minimum absolute atomic E-state index is 0.620. The van der Waals surface area contributed by atoms with Crippen LogP contribution in [0.3, 0.4) is 0 Å². The normalized spacial score (nSPS) is 11.5. The SMILES string of the molecule is COCCN=Cc1cc(C)n(-c2cc(Cl)ccc2Cl)c1C. The van der Waals surface area contributed by atoms with E-state index in [0.717, 1.165) is 22.6 Å². The van der Waals surface area contributed by atoms with Gasteiger partial charge in [-0.3, -0.25) is 4.99 Å². The van der Waals surface area contributed by atoms with Crippen LogP contribution in [0, 0.1) is 13.8 Å². The molecule has 0 atom stereocenters. The average Bonchev–Trinajstić information content (AvgIpc) is 2.73. The zero-order chi connectivity index (χ0) is 15.4. The quantitative estimate of drug-likeness (QED) is 0.589. The number of hydrogen-bond acceptors (Lipinski definition) is 2.